The first-order valence-corrected chi connectivity index (χ1v) is 9.44. The molecule has 3 atom stereocenters. The van der Waals surface area contributed by atoms with Gasteiger partial charge < -0.3 is 15.4 Å². The van der Waals surface area contributed by atoms with Gasteiger partial charge in [0.25, 0.3) is 0 Å². The molecule has 1 fully saturated rings. The SMILES string of the molecule is CCNC(=NCC(C)C(=O)OC)NC1CC(C)N(Cc2ccccc2)C1. The van der Waals surface area contributed by atoms with Gasteiger partial charge in [0.15, 0.2) is 5.96 Å². The summed E-state index contributed by atoms with van der Waals surface area (Å²) < 4.78 is 4.77. The average Bonchev–Trinajstić information content (AvgIpc) is 2.98. The van der Waals surface area contributed by atoms with Gasteiger partial charge in [-0.2, -0.15) is 0 Å². The number of hydrogen-bond donors (Lipinski definition) is 2. The number of methoxy groups -OCH3 is 1. The van der Waals surface area contributed by atoms with Crippen LogP contribution in [0.3, 0.4) is 0 Å². The maximum absolute atomic E-state index is 11.5. The molecule has 0 spiro atoms. The number of carbonyl (C=O) groups excluding carboxylic acids is 1. The van der Waals surface area contributed by atoms with Crippen LogP contribution >= 0.6 is 0 Å². The normalized spacial score (nSPS) is 22.1. The summed E-state index contributed by atoms with van der Waals surface area (Å²) in [6.07, 6.45) is 1.07. The zero-order chi connectivity index (χ0) is 18.9. The van der Waals surface area contributed by atoms with E-state index in [4.69, 9.17) is 4.74 Å². The molecule has 144 valence electrons. The van der Waals surface area contributed by atoms with Crippen molar-refractivity contribution >= 4 is 11.9 Å². The van der Waals surface area contributed by atoms with E-state index >= 15 is 0 Å². The van der Waals surface area contributed by atoms with E-state index in [9.17, 15) is 4.79 Å². The Labute approximate surface area is 157 Å². The highest BCUT2D eigenvalue weighted by Gasteiger charge is 2.29. The lowest BCUT2D eigenvalue weighted by atomic mass is 10.2. The lowest BCUT2D eigenvalue weighted by molar-refractivity contribution is -0.144. The topological polar surface area (TPSA) is 66.0 Å². The smallest absolute Gasteiger partial charge is 0.310 e. The monoisotopic (exact) mass is 360 g/mol. The highest BCUT2D eigenvalue weighted by Crippen LogP contribution is 2.20. The first-order chi connectivity index (χ1) is 12.5. The van der Waals surface area contributed by atoms with Gasteiger partial charge >= 0.3 is 5.97 Å². The predicted octanol–water partition coefficient (Wildman–Crippen LogP) is 2.01. The third kappa shape index (κ3) is 6.02. The highest BCUT2D eigenvalue weighted by molar-refractivity contribution is 5.80. The number of hydrogen-bond acceptors (Lipinski definition) is 4. The van der Waals surface area contributed by atoms with E-state index in [1.54, 1.807) is 0 Å². The second-order valence-electron chi connectivity index (χ2n) is 6.98. The number of esters is 1. The Hall–Kier alpha value is -2.08. The molecule has 0 bridgehead atoms. The van der Waals surface area contributed by atoms with Crippen LogP contribution in [0.25, 0.3) is 0 Å². The second kappa shape index (κ2) is 10.2. The van der Waals surface area contributed by atoms with E-state index in [-0.39, 0.29) is 11.9 Å². The van der Waals surface area contributed by atoms with Crippen LogP contribution in [-0.4, -0.2) is 55.7 Å². The van der Waals surface area contributed by atoms with Gasteiger partial charge in [0.1, 0.15) is 0 Å². The Morgan fingerprint density at radius 2 is 2.12 bits per heavy atom. The molecular weight excluding hydrogens is 328 g/mol. The fourth-order valence-electron chi connectivity index (χ4n) is 3.26. The molecule has 0 amide bonds. The molecule has 1 saturated heterocycles. The molecule has 1 aromatic carbocycles. The van der Waals surface area contributed by atoms with Crippen molar-refractivity contribution in [3.05, 3.63) is 35.9 Å². The van der Waals surface area contributed by atoms with Gasteiger partial charge in [0, 0.05) is 31.7 Å². The molecule has 0 aliphatic carbocycles. The van der Waals surface area contributed by atoms with Crippen LogP contribution in [0.2, 0.25) is 0 Å². The summed E-state index contributed by atoms with van der Waals surface area (Å²) in [6, 6.07) is 11.4. The molecule has 26 heavy (non-hydrogen) atoms. The van der Waals surface area contributed by atoms with Crippen molar-refractivity contribution in [2.45, 2.75) is 45.8 Å². The number of likely N-dealkylation sites (tertiary alicyclic amines) is 1. The third-order valence-electron chi connectivity index (χ3n) is 4.74. The lowest BCUT2D eigenvalue weighted by Crippen LogP contribution is -2.44. The van der Waals surface area contributed by atoms with Crippen molar-refractivity contribution in [1.82, 2.24) is 15.5 Å². The number of carbonyl (C=O) groups is 1. The molecule has 6 heteroatoms. The van der Waals surface area contributed by atoms with E-state index in [2.05, 4.69) is 57.8 Å². The number of ether oxygens (including phenoxy) is 1. The fraction of sp³-hybridized carbons (Fsp3) is 0.600. The molecule has 3 unspecified atom stereocenters. The molecule has 0 radical (unpaired) electrons. The Morgan fingerprint density at radius 1 is 1.38 bits per heavy atom. The van der Waals surface area contributed by atoms with Crippen molar-refractivity contribution in [3.63, 3.8) is 0 Å². The highest BCUT2D eigenvalue weighted by atomic mass is 16.5. The first-order valence-electron chi connectivity index (χ1n) is 9.44. The number of benzene rings is 1. The van der Waals surface area contributed by atoms with Crippen molar-refractivity contribution < 1.29 is 9.53 Å². The van der Waals surface area contributed by atoms with Gasteiger partial charge in [-0.15, -0.1) is 0 Å². The van der Waals surface area contributed by atoms with Crippen LogP contribution in [0.15, 0.2) is 35.3 Å². The number of nitrogens with zero attached hydrogens (tertiary/aromatic N) is 2. The van der Waals surface area contributed by atoms with E-state index in [1.165, 1.54) is 12.7 Å². The molecule has 1 aromatic rings. The second-order valence-corrected chi connectivity index (χ2v) is 6.98. The number of nitrogens with one attached hydrogen (secondary N) is 2. The summed E-state index contributed by atoms with van der Waals surface area (Å²) >= 11 is 0. The minimum Gasteiger partial charge on any atom is -0.469 e. The van der Waals surface area contributed by atoms with Crippen molar-refractivity contribution in [2.24, 2.45) is 10.9 Å². The van der Waals surface area contributed by atoms with Crippen LogP contribution in [0.4, 0.5) is 0 Å². The van der Waals surface area contributed by atoms with Gasteiger partial charge in [-0.25, -0.2) is 0 Å². The zero-order valence-electron chi connectivity index (χ0n) is 16.4. The Bertz CT molecular complexity index is 591. The summed E-state index contributed by atoms with van der Waals surface area (Å²) in [6.45, 7) is 9.29. The van der Waals surface area contributed by atoms with Crippen LogP contribution in [-0.2, 0) is 16.1 Å². The first kappa shape index (κ1) is 20.2. The largest absolute Gasteiger partial charge is 0.469 e. The van der Waals surface area contributed by atoms with Gasteiger partial charge in [-0.3, -0.25) is 14.7 Å². The minimum absolute atomic E-state index is 0.229. The fourth-order valence-corrected chi connectivity index (χ4v) is 3.26. The average molecular weight is 361 g/mol. The number of guanidine groups is 1. The summed E-state index contributed by atoms with van der Waals surface area (Å²) in [5, 5.41) is 6.79. The molecule has 0 saturated carbocycles. The van der Waals surface area contributed by atoms with Crippen LogP contribution < -0.4 is 10.6 Å². The third-order valence-corrected chi connectivity index (χ3v) is 4.74. The van der Waals surface area contributed by atoms with Gasteiger partial charge in [-0.1, -0.05) is 37.3 Å². The molecule has 6 nitrogen and oxygen atoms in total. The van der Waals surface area contributed by atoms with Crippen molar-refractivity contribution in [2.75, 3.05) is 26.7 Å². The van der Waals surface area contributed by atoms with E-state index < -0.39 is 0 Å². The molecule has 1 heterocycles. The van der Waals surface area contributed by atoms with Crippen LogP contribution in [0.5, 0.6) is 0 Å². The van der Waals surface area contributed by atoms with Gasteiger partial charge in [0.05, 0.1) is 19.6 Å². The van der Waals surface area contributed by atoms with E-state index in [1.807, 2.05) is 13.8 Å². The molecule has 0 aromatic heterocycles. The summed E-state index contributed by atoms with van der Waals surface area (Å²) in [4.78, 5) is 18.6. The van der Waals surface area contributed by atoms with Gasteiger partial charge in [-0.05, 0) is 25.8 Å². The minimum atomic E-state index is -0.243. The standard InChI is InChI=1S/C20H32N4O2/c1-5-21-20(22-12-15(2)19(25)26-4)23-18-11-16(3)24(14-18)13-17-9-7-6-8-10-17/h6-10,15-16,18H,5,11-14H2,1-4H3,(H2,21,22,23). The quantitative estimate of drug-likeness (QED) is 0.442. The van der Waals surface area contributed by atoms with Gasteiger partial charge in [0.2, 0.25) is 0 Å². The molecule has 2 rings (SSSR count). The number of rotatable bonds is 7. The van der Waals surface area contributed by atoms with Crippen molar-refractivity contribution in [1.29, 1.82) is 0 Å². The molecule has 1 aliphatic heterocycles. The number of aliphatic imine (C=N–C) groups is 1. The maximum atomic E-state index is 11.5. The Kier molecular flexibility index (Phi) is 7.91. The van der Waals surface area contributed by atoms with E-state index in [0.29, 0.717) is 18.6 Å². The lowest BCUT2D eigenvalue weighted by Gasteiger charge is -2.21. The Balaban J connectivity index is 1.91. The molecule has 1 aliphatic rings. The predicted molar refractivity (Wildman–Crippen MR) is 105 cm³/mol. The maximum Gasteiger partial charge on any atom is 0.310 e. The summed E-state index contributed by atoms with van der Waals surface area (Å²) in [5.41, 5.74) is 1.34. The van der Waals surface area contributed by atoms with Crippen LogP contribution in [0, 0.1) is 5.92 Å². The van der Waals surface area contributed by atoms with E-state index in [0.717, 1.165) is 32.0 Å². The van der Waals surface area contributed by atoms with Crippen LogP contribution in [0.1, 0.15) is 32.8 Å². The summed E-state index contributed by atoms with van der Waals surface area (Å²) in [5.74, 6) is 0.294. The summed E-state index contributed by atoms with van der Waals surface area (Å²) in [7, 11) is 1.41. The molecule has 2 N–H and O–H groups in total. The van der Waals surface area contributed by atoms with Crippen molar-refractivity contribution in [3.8, 4) is 0 Å². The zero-order valence-corrected chi connectivity index (χ0v) is 16.4. The molecular formula is C20H32N4O2. The Morgan fingerprint density at radius 3 is 2.77 bits per heavy atom.